The van der Waals surface area contributed by atoms with Gasteiger partial charge in [-0.2, -0.15) is 0 Å². The van der Waals surface area contributed by atoms with Gasteiger partial charge in [0, 0.05) is 19.7 Å². The number of carbonyl (C=O) groups excluding carboxylic acids is 1. The average molecular weight is 249 g/mol. The van der Waals surface area contributed by atoms with Crippen molar-refractivity contribution in [2.75, 3.05) is 25.1 Å². The van der Waals surface area contributed by atoms with Gasteiger partial charge in [-0.1, -0.05) is 12.1 Å². The second kappa shape index (κ2) is 5.84. The molecule has 1 saturated heterocycles. The number of nitrogen functional groups attached to an aromatic ring is 1. The minimum absolute atomic E-state index is 0.000833. The molecule has 2 rings (SSSR count). The standard InChI is InChI=1S/C13H19N3O2/c1-10-9-16(7-4-8-18-10)13(17)11-5-2-3-6-12(11)15-14/h2-3,5-6,10,15H,4,7-9,14H2,1H3. The first-order valence-electron chi connectivity index (χ1n) is 6.19. The summed E-state index contributed by atoms with van der Waals surface area (Å²) in [7, 11) is 0. The minimum atomic E-state index is 0.000833. The lowest BCUT2D eigenvalue weighted by molar-refractivity contribution is 0.0563. The van der Waals surface area contributed by atoms with Crippen LogP contribution in [0.15, 0.2) is 24.3 Å². The maximum Gasteiger partial charge on any atom is 0.256 e. The molecule has 0 spiro atoms. The van der Waals surface area contributed by atoms with Crippen LogP contribution in [-0.4, -0.2) is 36.6 Å². The third-order valence-corrected chi connectivity index (χ3v) is 3.05. The Hall–Kier alpha value is -1.59. The predicted octanol–water partition coefficient (Wildman–Crippen LogP) is 1.22. The van der Waals surface area contributed by atoms with Gasteiger partial charge in [-0.3, -0.25) is 10.6 Å². The van der Waals surface area contributed by atoms with Gasteiger partial charge in [0.1, 0.15) is 0 Å². The summed E-state index contributed by atoms with van der Waals surface area (Å²) in [4.78, 5) is 14.3. The molecule has 1 aliphatic heterocycles. The number of amides is 1. The third-order valence-electron chi connectivity index (χ3n) is 3.05. The second-order valence-corrected chi connectivity index (χ2v) is 4.48. The Morgan fingerprint density at radius 1 is 1.50 bits per heavy atom. The lowest BCUT2D eigenvalue weighted by Crippen LogP contribution is -2.36. The zero-order valence-electron chi connectivity index (χ0n) is 10.6. The molecule has 1 atom stereocenters. The number of nitrogens with two attached hydrogens (primary N) is 1. The van der Waals surface area contributed by atoms with Crippen LogP contribution in [0.25, 0.3) is 0 Å². The van der Waals surface area contributed by atoms with Crippen molar-refractivity contribution in [2.45, 2.75) is 19.4 Å². The van der Waals surface area contributed by atoms with Crippen LogP contribution in [0, 0.1) is 0 Å². The fraction of sp³-hybridized carbons (Fsp3) is 0.462. The van der Waals surface area contributed by atoms with Crippen LogP contribution in [0.2, 0.25) is 0 Å². The second-order valence-electron chi connectivity index (χ2n) is 4.48. The Morgan fingerprint density at radius 2 is 2.28 bits per heavy atom. The van der Waals surface area contributed by atoms with Crippen molar-refractivity contribution in [3.05, 3.63) is 29.8 Å². The summed E-state index contributed by atoms with van der Waals surface area (Å²) in [6.45, 7) is 4.04. The first kappa shape index (κ1) is 12.9. The largest absolute Gasteiger partial charge is 0.377 e. The van der Waals surface area contributed by atoms with Gasteiger partial charge in [0.05, 0.1) is 17.4 Å². The van der Waals surface area contributed by atoms with E-state index in [0.717, 1.165) is 13.0 Å². The monoisotopic (exact) mass is 249 g/mol. The highest BCUT2D eigenvalue weighted by Gasteiger charge is 2.22. The molecule has 1 fully saturated rings. The van der Waals surface area contributed by atoms with Gasteiger partial charge < -0.3 is 15.1 Å². The molecule has 1 unspecified atom stereocenters. The number of benzene rings is 1. The molecule has 0 radical (unpaired) electrons. The van der Waals surface area contributed by atoms with E-state index in [2.05, 4.69) is 5.43 Å². The summed E-state index contributed by atoms with van der Waals surface area (Å²) in [6, 6.07) is 7.27. The van der Waals surface area contributed by atoms with Gasteiger partial charge in [0.2, 0.25) is 0 Å². The maximum absolute atomic E-state index is 12.5. The number of anilines is 1. The average Bonchev–Trinajstić information content (AvgIpc) is 2.62. The van der Waals surface area contributed by atoms with E-state index < -0.39 is 0 Å². The molecule has 0 saturated carbocycles. The molecule has 0 aromatic heterocycles. The third kappa shape index (κ3) is 2.80. The summed E-state index contributed by atoms with van der Waals surface area (Å²) in [5, 5.41) is 0. The highest BCUT2D eigenvalue weighted by Crippen LogP contribution is 2.17. The summed E-state index contributed by atoms with van der Waals surface area (Å²) in [5.41, 5.74) is 3.82. The van der Waals surface area contributed by atoms with Crippen LogP contribution in [0.4, 0.5) is 5.69 Å². The smallest absolute Gasteiger partial charge is 0.256 e. The molecule has 1 aliphatic rings. The van der Waals surface area contributed by atoms with E-state index >= 15 is 0 Å². The number of hydrogen-bond donors (Lipinski definition) is 2. The number of carbonyl (C=O) groups is 1. The van der Waals surface area contributed by atoms with Crippen molar-refractivity contribution in [1.82, 2.24) is 4.90 Å². The lowest BCUT2D eigenvalue weighted by Gasteiger charge is -2.23. The molecule has 5 nitrogen and oxygen atoms in total. The Balaban J connectivity index is 2.19. The van der Waals surface area contributed by atoms with Gasteiger partial charge in [0.15, 0.2) is 0 Å². The first-order valence-corrected chi connectivity index (χ1v) is 6.19. The number of rotatable bonds is 2. The van der Waals surface area contributed by atoms with E-state index in [0.29, 0.717) is 24.4 Å². The van der Waals surface area contributed by atoms with Crippen molar-refractivity contribution in [1.29, 1.82) is 0 Å². The number of para-hydroxylation sites is 1. The maximum atomic E-state index is 12.5. The van der Waals surface area contributed by atoms with E-state index in [1.165, 1.54) is 0 Å². The van der Waals surface area contributed by atoms with E-state index in [1.54, 1.807) is 12.1 Å². The van der Waals surface area contributed by atoms with Gasteiger partial charge in [0.25, 0.3) is 5.91 Å². The molecule has 5 heteroatoms. The normalized spacial score (nSPS) is 20.3. The van der Waals surface area contributed by atoms with Crippen LogP contribution in [0.1, 0.15) is 23.7 Å². The predicted molar refractivity (Wildman–Crippen MR) is 70.2 cm³/mol. The number of hydrazine groups is 1. The zero-order chi connectivity index (χ0) is 13.0. The van der Waals surface area contributed by atoms with Crippen molar-refractivity contribution in [3.8, 4) is 0 Å². The molecule has 0 aliphatic carbocycles. The van der Waals surface area contributed by atoms with E-state index in [9.17, 15) is 4.79 Å². The zero-order valence-corrected chi connectivity index (χ0v) is 10.6. The number of nitrogens with one attached hydrogen (secondary N) is 1. The molecule has 1 aromatic carbocycles. The molecular weight excluding hydrogens is 230 g/mol. The van der Waals surface area contributed by atoms with Crippen LogP contribution < -0.4 is 11.3 Å². The Morgan fingerprint density at radius 3 is 3.06 bits per heavy atom. The summed E-state index contributed by atoms with van der Waals surface area (Å²) >= 11 is 0. The van der Waals surface area contributed by atoms with Crippen LogP contribution in [-0.2, 0) is 4.74 Å². The molecule has 0 bridgehead atoms. The molecule has 1 amide bonds. The van der Waals surface area contributed by atoms with Crippen LogP contribution >= 0.6 is 0 Å². The fourth-order valence-corrected chi connectivity index (χ4v) is 2.14. The van der Waals surface area contributed by atoms with Crippen molar-refractivity contribution in [2.24, 2.45) is 5.84 Å². The summed E-state index contributed by atoms with van der Waals surface area (Å²) in [6.07, 6.45) is 0.948. The SMILES string of the molecule is CC1CN(C(=O)c2ccccc2NN)CCCO1. The number of hydrogen-bond acceptors (Lipinski definition) is 4. The Kier molecular flexibility index (Phi) is 4.17. The highest BCUT2D eigenvalue weighted by molar-refractivity contribution is 5.99. The van der Waals surface area contributed by atoms with Gasteiger partial charge in [-0.15, -0.1) is 0 Å². The summed E-state index contributed by atoms with van der Waals surface area (Å²) < 4.78 is 5.54. The van der Waals surface area contributed by atoms with Crippen molar-refractivity contribution < 1.29 is 9.53 Å². The topological polar surface area (TPSA) is 67.6 Å². The Bertz CT molecular complexity index is 422. The molecule has 1 heterocycles. The fourth-order valence-electron chi connectivity index (χ4n) is 2.14. The first-order chi connectivity index (χ1) is 8.72. The quantitative estimate of drug-likeness (QED) is 0.611. The van der Waals surface area contributed by atoms with Crippen LogP contribution in [0.3, 0.4) is 0 Å². The number of ether oxygens (including phenoxy) is 1. The molecule has 1 aromatic rings. The summed E-state index contributed by atoms with van der Waals surface area (Å²) in [5.74, 6) is 5.43. The van der Waals surface area contributed by atoms with Crippen molar-refractivity contribution >= 4 is 11.6 Å². The van der Waals surface area contributed by atoms with Gasteiger partial charge in [-0.25, -0.2) is 0 Å². The lowest BCUT2D eigenvalue weighted by atomic mass is 10.1. The van der Waals surface area contributed by atoms with E-state index in [4.69, 9.17) is 10.6 Å². The molecule has 98 valence electrons. The minimum Gasteiger partial charge on any atom is -0.377 e. The van der Waals surface area contributed by atoms with E-state index in [1.807, 2.05) is 24.0 Å². The molecular formula is C13H19N3O2. The van der Waals surface area contributed by atoms with E-state index in [-0.39, 0.29) is 12.0 Å². The van der Waals surface area contributed by atoms with Gasteiger partial charge >= 0.3 is 0 Å². The van der Waals surface area contributed by atoms with Gasteiger partial charge in [-0.05, 0) is 25.5 Å². The highest BCUT2D eigenvalue weighted by atomic mass is 16.5. The Labute approximate surface area is 107 Å². The van der Waals surface area contributed by atoms with Crippen LogP contribution in [0.5, 0.6) is 0 Å². The van der Waals surface area contributed by atoms with Crippen molar-refractivity contribution in [3.63, 3.8) is 0 Å². The molecule has 3 N–H and O–H groups in total. The number of nitrogens with zero attached hydrogens (tertiary/aromatic N) is 1. The molecule has 18 heavy (non-hydrogen) atoms.